The van der Waals surface area contributed by atoms with Crippen LogP contribution in [0.3, 0.4) is 0 Å². The van der Waals surface area contributed by atoms with Crippen molar-refractivity contribution in [3.63, 3.8) is 0 Å². The van der Waals surface area contributed by atoms with Gasteiger partial charge in [0.15, 0.2) is 0 Å². The Balaban J connectivity index is 1.73. The van der Waals surface area contributed by atoms with Gasteiger partial charge in [0.05, 0.1) is 19.3 Å². The van der Waals surface area contributed by atoms with Gasteiger partial charge >= 0.3 is 0 Å². The van der Waals surface area contributed by atoms with Gasteiger partial charge in [0.1, 0.15) is 0 Å². The molecule has 0 saturated carbocycles. The van der Waals surface area contributed by atoms with E-state index in [2.05, 4.69) is 18.3 Å². The van der Waals surface area contributed by atoms with Gasteiger partial charge in [0.2, 0.25) is 0 Å². The Hall–Kier alpha value is -0.380. The lowest BCUT2D eigenvalue weighted by Crippen LogP contribution is -2.36. The highest BCUT2D eigenvalue weighted by Gasteiger charge is 2.23. The highest BCUT2D eigenvalue weighted by atomic mass is 16.5. The molecule has 2 aliphatic heterocycles. The fourth-order valence-electron chi connectivity index (χ4n) is 1.99. The van der Waals surface area contributed by atoms with E-state index in [1.54, 1.807) is 0 Å². The third-order valence-electron chi connectivity index (χ3n) is 2.95. The lowest BCUT2D eigenvalue weighted by atomic mass is 10.1. The molecule has 3 heteroatoms. The van der Waals surface area contributed by atoms with E-state index in [1.807, 2.05) is 0 Å². The molecule has 80 valence electrons. The van der Waals surface area contributed by atoms with E-state index in [1.165, 1.54) is 5.57 Å². The van der Waals surface area contributed by atoms with Crippen LogP contribution in [0.4, 0.5) is 0 Å². The molecule has 0 aromatic heterocycles. The Morgan fingerprint density at radius 1 is 1.50 bits per heavy atom. The maximum Gasteiger partial charge on any atom is 0.0700 e. The van der Waals surface area contributed by atoms with Gasteiger partial charge in [-0.25, -0.2) is 0 Å². The van der Waals surface area contributed by atoms with Crippen LogP contribution in [0, 0.1) is 0 Å². The second kappa shape index (κ2) is 4.91. The molecular formula is C11H19NO2. The summed E-state index contributed by atoms with van der Waals surface area (Å²) in [6, 6.07) is 0.526. The predicted octanol–water partition coefficient (Wildman–Crippen LogP) is 1.10. The van der Waals surface area contributed by atoms with E-state index in [4.69, 9.17) is 9.47 Å². The van der Waals surface area contributed by atoms with Crippen LogP contribution in [0.25, 0.3) is 0 Å². The highest BCUT2D eigenvalue weighted by molar-refractivity contribution is 5.07. The van der Waals surface area contributed by atoms with Gasteiger partial charge in [-0.3, -0.25) is 0 Å². The summed E-state index contributed by atoms with van der Waals surface area (Å²) in [5.74, 6) is 0. The van der Waals surface area contributed by atoms with E-state index < -0.39 is 0 Å². The third kappa shape index (κ3) is 2.56. The molecule has 1 N–H and O–H groups in total. The summed E-state index contributed by atoms with van der Waals surface area (Å²) in [5, 5.41) is 3.53. The van der Waals surface area contributed by atoms with Gasteiger partial charge in [0.25, 0.3) is 0 Å². The van der Waals surface area contributed by atoms with Crippen LogP contribution in [0.15, 0.2) is 11.6 Å². The average molecular weight is 197 g/mol. The second-order valence-electron chi connectivity index (χ2n) is 4.06. The lowest BCUT2D eigenvalue weighted by molar-refractivity contribution is 0.112. The standard InChI is InChI=1S/C11H19NO2/c1-9-11(4-6-14-9)12-7-10-3-2-5-13-8-10/h3,9,11-12H,2,4-8H2,1H3/t9-,11-/m1/s1. The van der Waals surface area contributed by atoms with Crippen molar-refractivity contribution in [1.29, 1.82) is 0 Å². The molecule has 1 saturated heterocycles. The van der Waals surface area contributed by atoms with Gasteiger partial charge < -0.3 is 14.8 Å². The second-order valence-corrected chi connectivity index (χ2v) is 4.06. The summed E-state index contributed by atoms with van der Waals surface area (Å²) in [6.07, 6.45) is 4.85. The Morgan fingerprint density at radius 2 is 2.43 bits per heavy atom. The molecular weight excluding hydrogens is 178 g/mol. The van der Waals surface area contributed by atoms with Crippen molar-refractivity contribution in [1.82, 2.24) is 5.32 Å². The number of hydrogen-bond donors (Lipinski definition) is 1. The Kier molecular flexibility index (Phi) is 3.56. The zero-order chi connectivity index (χ0) is 9.80. The summed E-state index contributed by atoms with van der Waals surface area (Å²) >= 11 is 0. The molecule has 0 bridgehead atoms. The van der Waals surface area contributed by atoms with Crippen LogP contribution < -0.4 is 5.32 Å². The molecule has 0 aromatic rings. The number of nitrogens with one attached hydrogen (secondary N) is 1. The molecule has 1 fully saturated rings. The highest BCUT2D eigenvalue weighted by Crippen LogP contribution is 2.13. The van der Waals surface area contributed by atoms with E-state index in [0.717, 1.165) is 39.2 Å². The average Bonchev–Trinajstić information content (AvgIpc) is 2.63. The van der Waals surface area contributed by atoms with E-state index in [0.29, 0.717) is 12.1 Å². The van der Waals surface area contributed by atoms with Crippen molar-refractivity contribution in [3.05, 3.63) is 11.6 Å². The summed E-state index contributed by atoms with van der Waals surface area (Å²) < 4.78 is 10.9. The third-order valence-corrected chi connectivity index (χ3v) is 2.95. The monoisotopic (exact) mass is 197 g/mol. The summed E-state index contributed by atoms with van der Waals surface area (Å²) in [5.41, 5.74) is 1.38. The zero-order valence-electron chi connectivity index (χ0n) is 8.79. The molecule has 2 heterocycles. The van der Waals surface area contributed by atoms with Gasteiger partial charge in [-0.05, 0) is 25.3 Å². The Labute approximate surface area is 85.5 Å². The summed E-state index contributed by atoms with van der Waals surface area (Å²) in [7, 11) is 0. The molecule has 2 rings (SSSR count). The molecule has 0 unspecified atom stereocenters. The molecule has 0 amide bonds. The minimum absolute atomic E-state index is 0.361. The first kappa shape index (κ1) is 10.1. The molecule has 14 heavy (non-hydrogen) atoms. The van der Waals surface area contributed by atoms with Gasteiger partial charge in [-0.1, -0.05) is 6.08 Å². The van der Waals surface area contributed by atoms with Crippen LogP contribution >= 0.6 is 0 Å². The van der Waals surface area contributed by atoms with E-state index in [9.17, 15) is 0 Å². The minimum atomic E-state index is 0.361. The van der Waals surface area contributed by atoms with Crippen LogP contribution in [-0.2, 0) is 9.47 Å². The molecule has 2 aliphatic rings. The normalized spacial score (nSPS) is 33.1. The minimum Gasteiger partial charge on any atom is -0.377 e. The fourth-order valence-corrected chi connectivity index (χ4v) is 1.99. The molecule has 0 aromatic carbocycles. The number of hydrogen-bond acceptors (Lipinski definition) is 3. The topological polar surface area (TPSA) is 30.5 Å². The zero-order valence-corrected chi connectivity index (χ0v) is 8.79. The van der Waals surface area contributed by atoms with Gasteiger partial charge in [0, 0.05) is 19.2 Å². The maximum absolute atomic E-state index is 5.49. The summed E-state index contributed by atoms with van der Waals surface area (Å²) in [4.78, 5) is 0. The first-order valence-corrected chi connectivity index (χ1v) is 5.47. The molecule has 3 nitrogen and oxygen atoms in total. The van der Waals surface area contributed by atoms with E-state index in [-0.39, 0.29) is 0 Å². The molecule has 0 aliphatic carbocycles. The van der Waals surface area contributed by atoms with Crippen LogP contribution in [0.1, 0.15) is 19.8 Å². The maximum atomic E-state index is 5.49. The lowest BCUT2D eigenvalue weighted by Gasteiger charge is -2.19. The van der Waals surface area contributed by atoms with Crippen molar-refractivity contribution in [2.24, 2.45) is 0 Å². The first-order valence-electron chi connectivity index (χ1n) is 5.47. The first-order chi connectivity index (χ1) is 6.86. The SMILES string of the molecule is C[C@H]1OCC[C@H]1NCC1=CCCOC1. The summed E-state index contributed by atoms with van der Waals surface area (Å²) in [6.45, 7) is 5.67. The molecule has 0 spiro atoms. The van der Waals surface area contributed by atoms with Crippen molar-refractivity contribution in [2.45, 2.75) is 31.9 Å². The fraction of sp³-hybridized carbons (Fsp3) is 0.818. The van der Waals surface area contributed by atoms with Crippen molar-refractivity contribution in [3.8, 4) is 0 Å². The van der Waals surface area contributed by atoms with Gasteiger partial charge in [-0.15, -0.1) is 0 Å². The quantitative estimate of drug-likeness (QED) is 0.687. The van der Waals surface area contributed by atoms with Crippen LogP contribution in [0.5, 0.6) is 0 Å². The molecule has 0 radical (unpaired) electrons. The van der Waals surface area contributed by atoms with Gasteiger partial charge in [-0.2, -0.15) is 0 Å². The number of rotatable bonds is 3. The predicted molar refractivity (Wildman–Crippen MR) is 55.3 cm³/mol. The van der Waals surface area contributed by atoms with E-state index >= 15 is 0 Å². The number of ether oxygens (including phenoxy) is 2. The van der Waals surface area contributed by atoms with Crippen LogP contribution in [-0.4, -0.2) is 38.5 Å². The largest absolute Gasteiger partial charge is 0.377 e. The van der Waals surface area contributed by atoms with Crippen molar-refractivity contribution >= 4 is 0 Å². The van der Waals surface area contributed by atoms with Crippen molar-refractivity contribution in [2.75, 3.05) is 26.4 Å². The Morgan fingerprint density at radius 3 is 3.07 bits per heavy atom. The smallest absolute Gasteiger partial charge is 0.0700 e. The van der Waals surface area contributed by atoms with Crippen LogP contribution in [0.2, 0.25) is 0 Å². The Bertz CT molecular complexity index is 215. The molecule has 2 atom stereocenters. The van der Waals surface area contributed by atoms with Crippen molar-refractivity contribution < 1.29 is 9.47 Å².